The third-order valence-electron chi connectivity index (χ3n) is 4.55. The standard InChI is InChI=1S/C16H27NOS/c1-5-17-15(14-10-13(3)19-11-14)16(18-4)8-6-12(2)7-9-16/h10-12,15,17H,5-9H2,1-4H3. The summed E-state index contributed by atoms with van der Waals surface area (Å²) in [5.41, 5.74) is 1.39. The summed E-state index contributed by atoms with van der Waals surface area (Å²) < 4.78 is 6.05. The summed E-state index contributed by atoms with van der Waals surface area (Å²) in [5, 5.41) is 5.96. The Kier molecular flexibility index (Phi) is 5.04. The first-order chi connectivity index (χ1) is 9.11. The minimum atomic E-state index is -0.0178. The lowest BCUT2D eigenvalue weighted by atomic mass is 9.73. The predicted octanol–water partition coefficient (Wildman–Crippen LogP) is 4.30. The van der Waals surface area contributed by atoms with Gasteiger partial charge in [0.1, 0.15) is 0 Å². The van der Waals surface area contributed by atoms with Gasteiger partial charge in [-0.2, -0.15) is 0 Å². The minimum absolute atomic E-state index is 0.0178. The van der Waals surface area contributed by atoms with Crippen LogP contribution < -0.4 is 5.32 Å². The van der Waals surface area contributed by atoms with Gasteiger partial charge in [-0.15, -0.1) is 11.3 Å². The number of hydrogen-bond donors (Lipinski definition) is 1. The summed E-state index contributed by atoms with van der Waals surface area (Å²) in [5.74, 6) is 0.842. The molecule has 1 N–H and O–H groups in total. The Morgan fingerprint density at radius 1 is 1.47 bits per heavy atom. The zero-order valence-corrected chi connectivity index (χ0v) is 13.5. The molecule has 108 valence electrons. The lowest BCUT2D eigenvalue weighted by molar-refractivity contribution is -0.0756. The van der Waals surface area contributed by atoms with E-state index >= 15 is 0 Å². The first-order valence-electron chi connectivity index (χ1n) is 7.45. The molecule has 1 aromatic rings. The Bertz CT molecular complexity index is 393. The van der Waals surface area contributed by atoms with Crippen molar-refractivity contribution in [2.45, 2.75) is 58.1 Å². The molecule has 1 atom stereocenters. The van der Waals surface area contributed by atoms with Gasteiger partial charge in [-0.1, -0.05) is 13.8 Å². The highest BCUT2D eigenvalue weighted by atomic mass is 32.1. The SMILES string of the molecule is CCNC(c1csc(C)c1)C1(OC)CCC(C)CC1. The van der Waals surface area contributed by atoms with Crippen LogP contribution in [0.4, 0.5) is 0 Å². The first-order valence-corrected chi connectivity index (χ1v) is 8.33. The van der Waals surface area contributed by atoms with E-state index in [1.54, 1.807) is 0 Å². The topological polar surface area (TPSA) is 21.3 Å². The molecule has 2 nitrogen and oxygen atoms in total. The zero-order chi connectivity index (χ0) is 13.9. The van der Waals surface area contributed by atoms with E-state index in [1.165, 1.54) is 23.3 Å². The van der Waals surface area contributed by atoms with Crippen LogP contribution in [-0.4, -0.2) is 19.3 Å². The van der Waals surface area contributed by atoms with Gasteiger partial charge in [0.15, 0.2) is 0 Å². The van der Waals surface area contributed by atoms with Crippen molar-refractivity contribution in [3.63, 3.8) is 0 Å². The molecular formula is C16H27NOS. The number of likely N-dealkylation sites (N-methyl/N-ethyl adjacent to an activating group) is 1. The second-order valence-corrected chi connectivity index (χ2v) is 7.05. The molecular weight excluding hydrogens is 254 g/mol. The Morgan fingerprint density at radius 3 is 2.63 bits per heavy atom. The molecule has 1 unspecified atom stereocenters. The minimum Gasteiger partial charge on any atom is -0.376 e. The van der Waals surface area contributed by atoms with Crippen LogP contribution >= 0.6 is 11.3 Å². The predicted molar refractivity (Wildman–Crippen MR) is 82.8 cm³/mol. The lowest BCUT2D eigenvalue weighted by Crippen LogP contribution is -2.47. The van der Waals surface area contributed by atoms with E-state index < -0.39 is 0 Å². The van der Waals surface area contributed by atoms with Crippen LogP contribution in [0.5, 0.6) is 0 Å². The van der Waals surface area contributed by atoms with Crippen molar-refractivity contribution >= 4 is 11.3 Å². The number of rotatable bonds is 5. The molecule has 0 bridgehead atoms. The van der Waals surface area contributed by atoms with E-state index in [2.05, 4.69) is 37.5 Å². The quantitative estimate of drug-likeness (QED) is 0.868. The maximum Gasteiger partial charge on any atom is 0.0873 e. The van der Waals surface area contributed by atoms with Crippen LogP contribution in [0, 0.1) is 12.8 Å². The largest absolute Gasteiger partial charge is 0.376 e. The van der Waals surface area contributed by atoms with Gasteiger partial charge in [0.25, 0.3) is 0 Å². The van der Waals surface area contributed by atoms with Gasteiger partial charge in [-0.05, 0) is 62.1 Å². The van der Waals surface area contributed by atoms with Crippen LogP contribution in [0.3, 0.4) is 0 Å². The molecule has 1 saturated carbocycles. The molecule has 0 radical (unpaired) electrons. The summed E-state index contributed by atoms with van der Waals surface area (Å²) in [6.45, 7) is 7.71. The molecule has 1 aliphatic carbocycles. The third-order valence-corrected chi connectivity index (χ3v) is 5.43. The summed E-state index contributed by atoms with van der Waals surface area (Å²) in [6, 6.07) is 2.65. The van der Waals surface area contributed by atoms with Crippen LogP contribution in [0.1, 0.15) is 56.0 Å². The highest BCUT2D eigenvalue weighted by Crippen LogP contribution is 2.43. The van der Waals surface area contributed by atoms with Gasteiger partial charge in [-0.25, -0.2) is 0 Å². The van der Waals surface area contributed by atoms with Crippen LogP contribution in [0.2, 0.25) is 0 Å². The van der Waals surface area contributed by atoms with Crippen molar-refractivity contribution in [2.24, 2.45) is 5.92 Å². The highest BCUT2D eigenvalue weighted by molar-refractivity contribution is 7.10. The second-order valence-electron chi connectivity index (χ2n) is 5.93. The van der Waals surface area contributed by atoms with Crippen molar-refractivity contribution in [1.29, 1.82) is 0 Å². The number of methoxy groups -OCH3 is 1. The van der Waals surface area contributed by atoms with Crippen molar-refractivity contribution < 1.29 is 4.74 Å². The van der Waals surface area contributed by atoms with Gasteiger partial charge >= 0.3 is 0 Å². The summed E-state index contributed by atoms with van der Waals surface area (Å²) in [7, 11) is 1.89. The number of hydrogen-bond acceptors (Lipinski definition) is 3. The fraction of sp³-hybridized carbons (Fsp3) is 0.750. The lowest BCUT2D eigenvalue weighted by Gasteiger charge is -2.44. The maximum absolute atomic E-state index is 6.05. The van der Waals surface area contributed by atoms with E-state index in [0.717, 1.165) is 25.3 Å². The monoisotopic (exact) mass is 281 g/mol. The zero-order valence-electron chi connectivity index (χ0n) is 12.7. The second kappa shape index (κ2) is 6.38. The summed E-state index contributed by atoms with van der Waals surface area (Å²) in [6.07, 6.45) is 4.88. The number of ether oxygens (including phenoxy) is 1. The molecule has 3 heteroatoms. The number of thiophene rings is 1. The third kappa shape index (κ3) is 3.21. The van der Waals surface area contributed by atoms with Gasteiger partial charge in [0.2, 0.25) is 0 Å². The van der Waals surface area contributed by atoms with E-state index in [-0.39, 0.29) is 5.60 Å². The van der Waals surface area contributed by atoms with E-state index in [0.29, 0.717) is 6.04 Å². The van der Waals surface area contributed by atoms with E-state index in [4.69, 9.17) is 4.74 Å². The fourth-order valence-corrected chi connectivity index (χ4v) is 4.02. The molecule has 19 heavy (non-hydrogen) atoms. The van der Waals surface area contributed by atoms with Gasteiger partial charge in [0.05, 0.1) is 11.6 Å². The van der Waals surface area contributed by atoms with Crippen molar-refractivity contribution in [3.05, 3.63) is 21.9 Å². The van der Waals surface area contributed by atoms with Crippen molar-refractivity contribution in [3.8, 4) is 0 Å². The molecule has 2 rings (SSSR count). The van der Waals surface area contributed by atoms with E-state index in [1.807, 2.05) is 18.4 Å². The molecule has 1 aromatic heterocycles. The molecule has 1 fully saturated rings. The van der Waals surface area contributed by atoms with Gasteiger partial charge < -0.3 is 10.1 Å². The molecule has 1 heterocycles. The summed E-state index contributed by atoms with van der Waals surface area (Å²) >= 11 is 1.84. The molecule has 0 saturated heterocycles. The summed E-state index contributed by atoms with van der Waals surface area (Å²) in [4.78, 5) is 1.38. The number of aryl methyl sites for hydroxylation is 1. The normalized spacial score (nSPS) is 29.4. The Hall–Kier alpha value is -0.380. The maximum atomic E-state index is 6.05. The smallest absolute Gasteiger partial charge is 0.0873 e. The average molecular weight is 281 g/mol. The van der Waals surface area contributed by atoms with Crippen molar-refractivity contribution in [2.75, 3.05) is 13.7 Å². The molecule has 0 spiro atoms. The molecule has 0 aromatic carbocycles. The van der Waals surface area contributed by atoms with Gasteiger partial charge in [0, 0.05) is 12.0 Å². The Morgan fingerprint density at radius 2 is 2.16 bits per heavy atom. The molecule has 0 amide bonds. The van der Waals surface area contributed by atoms with Crippen LogP contribution in [0.15, 0.2) is 11.4 Å². The van der Waals surface area contributed by atoms with E-state index in [9.17, 15) is 0 Å². The Balaban J connectivity index is 2.25. The first kappa shape index (κ1) is 15.0. The molecule has 0 aliphatic heterocycles. The number of nitrogens with one attached hydrogen (secondary N) is 1. The Labute approximate surface area is 121 Å². The van der Waals surface area contributed by atoms with Crippen molar-refractivity contribution in [1.82, 2.24) is 5.32 Å². The molecule has 1 aliphatic rings. The van der Waals surface area contributed by atoms with Gasteiger partial charge in [-0.3, -0.25) is 0 Å². The van der Waals surface area contributed by atoms with Crippen LogP contribution in [-0.2, 0) is 4.74 Å². The average Bonchev–Trinajstić information content (AvgIpc) is 2.84. The van der Waals surface area contributed by atoms with Crippen LogP contribution in [0.25, 0.3) is 0 Å². The fourth-order valence-electron chi connectivity index (χ4n) is 3.29. The highest BCUT2D eigenvalue weighted by Gasteiger charge is 2.42.